The fourth-order valence-electron chi connectivity index (χ4n) is 1.90. The fraction of sp³-hybridized carbons (Fsp3) is 0.417. The van der Waals surface area contributed by atoms with E-state index in [9.17, 15) is 18.0 Å². The Morgan fingerprint density at radius 1 is 1.44 bits per heavy atom. The van der Waals surface area contributed by atoms with Crippen LogP contribution in [0.1, 0.15) is 12.0 Å². The number of nitrogens with zero attached hydrogens (tertiary/aromatic N) is 1. The highest BCUT2D eigenvalue weighted by molar-refractivity contribution is 9.10. The average molecular weight is 322 g/mol. The minimum absolute atomic E-state index is 0.0292. The Hall–Kier alpha value is -1.04. The van der Waals surface area contributed by atoms with Crippen molar-refractivity contribution in [1.29, 1.82) is 0 Å². The van der Waals surface area contributed by atoms with Crippen molar-refractivity contribution in [2.45, 2.75) is 18.8 Å². The van der Waals surface area contributed by atoms with Crippen molar-refractivity contribution in [1.82, 2.24) is 4.90 Å². The zero-order valence-electron chi connectivity index (χ0n) is 9.43. The molecule has 0 unspecified atom stereocenters. The molecule has 98 valence electrons. The maximum atomic E-state index is 13.4. The minimum atomic E-state index is -2.81. The molecule has 0 aromatic heterocycles. The van der Waals surface area contributed by atoms with Crippen molar-refractivity contribution in [2.24, 2.45) is 0 Å². The summed E-state index contributed by atoms with van der Waals surface area (Å²) in [4.78, 5) is 12.9. The van der Waals surface area contributed by atoms with Gasteiger partial charge in [-0.2, -0.15) is 0 Å². The van der Waals surface area contributed by atoms with E-state index >= 15 is 0 Å². The molecule has 1 heterocycles. The number of rotatable bonds is 2. The van der Waals surface area contributed by atoms with E-state index < -0.39 is 24.2 Å². The van der Waals surface area contributed by atoms with Gasteiger partial charge in [0.1, 0.15) is 5.82 Å². The summed E-state index contributed by atoms with van der Waals surface area (Å²) in [5.41, 5.74) is 0.213. The lowest BCUT2D eigenvalue weighted by Crippen LogP contribution is -2.32. The van der Waals surface area contributed by atoms with Crippen LogP contribution in [0.25, 0.3) is 0 Å². The summed E-state index contributed by atoms with van der Waals surface area (Å²) in [6.45, 7) is -0.539. The molecule has 1 amide bonds. The molecule has 0 N–H and O–H groups in total. The summed E-state index contributed by atoms with van der Waals surface area (Å²) in [7, 11) is 0. The molecular formula is C12H11BrF3NO. The lowest BCUT2D eigenvalue weighted by Gasteiger charge is -2.16. The quantitative estimate of drug-likeness (QED) is 0.820. The van der Waals surface area contributed by atoms with Crippen LogP contribution >= 0.6 is 15.9 Å². The van der Waals surface area contributed by atoms with Crippen LogP contribution in [0.3, 0.4) is 0 Å². The number of carbonyl (C=O) groups excluding carboxylic acids is 1. The Labute approximate surface area is 111 Å². The van der Waals surface area contributed by atoms with Crippen LogP contribution in [0.4, 0.5) is 13.2 Å². The minimum Gasteiger partial charge on any atom is -0.336 e. The number of alkyl halides is 2. The van der Waals surface area contributed by atoms with Gasteiger partial charge in [0, 0.05) is 17.4 Å². The van der Waals surface area contributed by atoms with E-state index in [2.05, 4.69) is 15.9 Å². The Kier molecular flexibility index (Phi) is 3.66. The Morgan fingerprint density at radius 3 is 2.78 bits per heavy atom. The van der Waals surface area contributed by atoms with Crippen LogP contribution in [0.5, 0.6) is 0 Å². The number of amides is 1. The predicted octanol–water partition coefficient (Wildman–Crippen LogP) is 3.00. The molecule has 2 rings (SSSR count). The van der Waals surface area contributed by atoms with Gasteiger partial charge in [-0.3, -0.25) is 4.79 Å². The summed E-state index contributed by atoms with van der Waals surface area (Å²) in [5.74, 6) is -3.78. The van der Waals surface area contributed by atoms with Crippen LogP contribution in [0.15, 0.2) is 22.7 Å². The Balaban J connectivity index is 2.06. The Morgan fingerprint density at radius 2 is 2.17 bits per heavy atom. The van der Waals surface area contributed by atoms with Crippen LogP contribution in [-0.4, -0.2) is 29.8 Å². The van der Waals surface area contributed by atoms with Gasteiger partial charge in [-0.05, 0) is 23.8 Å². The van der Waals surface area contributed by atoms with E-state index in [0.717, 1.165) is 4.90 Å². The maximum Gasteiger partial charge on any atom is 0.267 e. The molecule has 1 aromatic carbocycles. The fourth-order valence-corrected chi connectivity index (χ4v) is 2.31. The molecule has 0 atom stereocenters. The second kappa shape index (κ2) is 4.91. The monoisotopic (exact) mass is 321 g/mol. The number of hydrogen-bond acceptors (Lipinski definition) is 1. The molecule has 1 fully saturated rings. The summed E-state index contributed by atoms with van der Waals surface area (Å²) in [5, 5.41) is 0. The number of halogens is 4. The molecule has 1 aromatic rings. The SMILES string of the molecule is O=C(Cc1cc(Br)ccc1F)N1CCC(F)(F)C1. The molecule has 0 aliphatic carbocycles. The third-order valence-corrected chi connectivity index (χ3v) is 3.37. The van der Waals surface area contributed by atoms with E-state index in [1.807, 2.05) is 0 Å². The smallest absolute Gasteiger partial charge is 0.267 e. The zero-order chi connectivity index (χ0) is 13.3. The van der Waals surface area contributed by atoms with Gasteiger partial charge < -0.3 is 4.90 Å². The van der Waals surface area contributed by atoms with Gasteiger partial charge in [0.25, 0.3) is 5.92 Å². The Bertz CT molecular complexity index is 478. The van der Waals surface area contributed by atoms with Crippen LogP contribution in [-0.2, 0) is 11.2 Å². The van der Waals surface area contributed by atoms with Crippen molar-refractivity contribution in [3.63, 3.8) is 0 Å². The van der Waals surface area contributed by atoms with Gasteiger partial charge in [-0.1, -0.05) is 15.9 Å². The molecule has 0 radical (unpaired) electrons. The number of benzene rings is 1. The standard InChI is InChI=1S/C12H11BrF3NO/c13-9-1-2-10(14)8(5-9)6-11(18)17-4-3-12(15,16)7-17/h1-2,5H,3-4,6-7H2. The molecular weight excluding hydrogens is 311 g/mol. The zero-order valence-corrected chi connectivity index (χ0v) is 11.0. The summed E-state index contributed by atoms with van der Waals surface area (Å²) in [6, 6.07) is 4.25. The predicted molar refractivity (Wildman–Crippen MR) is 63.9 cm³/mol. The molecule has 1 aliphatic rings. The maximum absolute atomic E-state index is 13.4. The lowest BCUT2D eigenvalue weighted by molar-refractivity contribution is -0.130. The van der Waals surface area contributed by atoms with Crippen molar-refractivity contribution in [3.8, 4) is 0 Å². The van der Waals surface area contributed by atoms with E-state index in [-0.39, 0.29) is 24.9 Å². The van der Waals surface area contributed by atoms with Crippen molar-refractivity contribution in [2.75, 3.05) is 13.1 Å². The summed E-state index contributed by atoms with van der Waals surface area (Å²) < 4.78 is 40.0. The first-order chi connectivity index (χ1) is 8.37. The third kappa shape index (κ3) is 3.04. The van der Waals surface area contributed by atoms with E-state index in [4.69, 9.17) is 0 Å². The van der Waals surface area contributed by atoms with Gasteiger partial charge in [0.2, 0.25) is 5.91 Å². The van der Waals surface area contributed by atoms with Gasteiger partial charge in [0.05, 0.1) is 13.0 Å². The molecule has 0 spiro atoms. The highest BCUT2D eigenvalue weighted by atomic mass is 79.9. The third-order valence-electron chi connectivity index (χ3n) is 2.87. The van der Waals surface area contributed by atoms with Gasteiger partial charge >= 0.3 is 0 Å². The highest BCUT2D eigenvalue weighted by Gasteiger charge is 2.40. The van der Waals surface area contributed by atoms with E-state index in [1.54, 1.807) is 0 Å². The number of likely N-dealkylation sites (tertiary alicyclic amines) is 1. The normalized spacial score (nSPS) is 18.1. The largest absolute Gasteiger partial charge is 0.336 e. The second-order valence-corrected chi connectivity index (χ2v) is 5.25. The van der Waals surface area contributed by atoms with Crippen molar-refractivity contribution < 1.29 is 18.0 Å². The first-order valence-electron chi connectivity index (χ1n) is 5.47. The second-order valence-electron chi connectivity index (χ2n) is 4.33. The molecule has 1 aliphatic heterocycles. The number of carbonyl (C=O) groups is 1. The molecule has 1 saturated heterocycles. The molecule has 6 heteroatoms. The first-order valence-corrected chi connectivity index (χ1v) is 6.26. The van der Waals surface area contributed by atoms with Gasteiger partial charge in [-0.15, -0.1) is 0 Å². The molecule has 0 saturated carbocycles. The molecule has 2 nitrogen and oxygen atoms in total. The first kappa shape index (κ1) is 13.4. The summed E-state index contributed by atoms with van der Waals surface area (Å²) >= 11 is 3.18. The number of hydrogen-bond donors (Lipinski definition) is 0. The van der Waals surface area contributed by atoms with Crippen LogP contribution < -0.4 is 0 Å². The molecule has 0 bridgehead atoms. The topological polar surface area (TPSA) is 20.3 Å². The van der Waals surface area contributed by atoms with Crippen LogP contribution in [0.2, 0.25) is 0 Å². The molecule has 18 heavy (non-hydrogen) atoms. The van der Waals surface area contributed by atoms with Gasteiger partial charge in [0.15, 0.2) is 0 Å². The summed E-state index contributed by atoms with van der Waals surface area (Å²) in [6.07, 6.45) is -0.513. The van der Waals surface area contributed by atoms with E-state index in [1.165, 1.54) is 18.2 Å². The average Bonchev–Trinajstić information content (AvgIpc) is 2.64. The lowest BCUT2D eigenvalue weighted by atomic mass is 10.1. The highest BCUT2D eigenvalue weighted by Crippen LogP contribution is 2.27. The van der Waals surface area contributed by atoms with Gasteiger partial charge in [-0.25, -0.2) is 13.2 Å². The van der Waals surface area contributed by atoms with E-state index in [0.29, 0.717) is 4.47 Å². The van der Waals surface area contributed by atoms with Crippen molar-refractivity contribution in [3.05, 3.63) is 34.1 Å². The van der Waals surface area contributed by atoms with Crippen LogP contribution in [0, 0.1) is 5.82 Å². The van der Waals surface area contributed by atoms with Crippen molar-refractivity contribution >= 4 is 21.8 Å².